The predicted octanol–water partition coefficient (Wildman–Crippen LogP) is -1.03. The van der Waals surface area contributed by atoms with Crippen molar-refractivity contribution in [3.63, 3.8) is 0 Å². The summed E-state index contributed by atoms with van der Waals surface area (Å²) in [6, 6.07) is 0. The van der Waals surface area contributed by atoms with E-state index < -0.39 is 15.1 Å². The Kier molecular flexibility index (Phi) is 3.58. The minimum Gasteiger partial charge on any atom is -0.308 e. The molecule has 0 bridgehead atoms. The third-order valence-corrected chi connectivity index (χ3v) is 5.29. The molecule has 2 rings (SSSR count). The van der Waals surface area contributed by atoms with Crippen molar-refractivity contribution >= 4 is 9.84 Å². The molecule has 102 valence electrons. The Bertz CT molecular complexity index is 585. The zero-order chi connectivity index (χ0) is 13.3. The lowest BCUT2D eigenvalue weighted by molar-refractivity contribution is 0.497. The van der Waals surface area contributed by atoms with Crippen molar-refractivity contribution in [3.8, 4) is 0 Å². The molecule has 8 heteroatoms. The van der Waals surface area contributed by atoms with Gasteiger partial charge in [0.15, 0.2) is 9.84 Å². The second-order valence-electron chi connectivity index (χ2n) is 4.67. The van der Waals surface area contributed by atoms with Gasteiger partial charge in [-0.2, -0.15) is 5.10 Å². The van der Waals surface area contributed by atoms with Crippen LogP contribution in [-0.2, 0) is 29.5 Å². The van der Waals surface area contributed by atoms with Gasteiger partial charge in [0, 0.05) is 13.1 Å². The highest BCUT2D eigenvalue weighted by Crippen LogP contribution is 2.02. The molecule has 0 unspecified atom stereocenters. The summed E-state index contributed by atoms with van der Waals surface area (Å²) < 4.78 is 26.2. The van der Waals surface area contributed by atoms with Crippen LogP contribution in [-0.4, -0.2) is 40.3 Å². The van der Waals surface area contributed by atoms with Crippen LogP contribution in [0.3, 0.4) is 0 Å². The molecule has 1 N–H and O–H groups in total. The number of aryl methyl sites for hydroxylation is 1. The predicted molar refractivity (Wildman–Crippen MR) is 67.1 cm³/mol. The molecule has 2 heterocycles. The summed E-state index contributed by atoms with van der Waals surface area (Å²) in [6.45, 7) is 5.28. The van der Waals surface area contributed by atoms with Gasteiger partial charge in [-0.25, -0.2) is 17.9 Å². The molecule has 0 amide bonds. The van der Waals surface area contributed by atoms with E-state index >= 15 is 0 Å². The van der Waals surface area contributed by atoms with Crippen molar-refractivity contribution in [1.82, 2.24) is 19.7 Å². The highest BCUT2D eigenvalue weighted by molar-refractivity contribution is 7.91. The van der Waals surface area contributed by atoms with Gasteiger partial charge in [0.05, 0.1) is 24.1 Å². The lowest BCUT2D eigenvalue weighted by Crippen LogP contribution is -2.35. The summed E-state index contributed by atoms with van der Waals surface area (Å²) in [6.07, 6.45) is 0. The molecule has 0 saturated carbocycles. The molecule has 0 aliphatic carbocycles. The quantitative estimate of drug-likeness (QED) is 0.759. The summed E-state index contributed by atoms with van der Waals surface area (Å²) in [7, 11) is -3.14. The van der Waals surface area contributed by atoms with E-state index in [0.717, 1.165) is 6.54 Å². The maximum Gasteiger partial charge on any atom is 0.346 e. The minimum atomic E-state index is -3.14. The first-order chi connectivity index (χ1) is 8.42. The molecular weight excluding hydrogens is 256 g/mol. The van der Waals surface area contributed by atoms with Crippen molar-refractivity contribution in [3.05, 3.63) is 16.3 Å². The van der Waals surface area contributed by atoms with Gasteiger partial charge >= 0.3 is 5.69 Å². The Balaban J connectivity index is 2.16. The second-order valence-corrected chi connectivity index (χ2v) is 7.34. The Morgan fingerprint density at radius 3 is 2.78 bits per heavy atom. The minimum absolute atomic E-state index is 0.0472. The molecule has 0 spiro atoms. The van der Waals surface area contributed by atoms with Gasteiger partial charge in [-0.1, -0.05) is 0 Å². The van der Waals surface area contributed by atoms with Crippen LogP contribution in [0.25, 0.3) is 0 Å². The number of sulfone groups is 1. The first kappa shape index (κ1) is 13.3. The third-order valence-electron chi connectivity index (χ3n) is 3.10. The maximum atomic E-state index is 11.9. The largest absolute Gasteiger partial charge is 0.346 e. The van der Waals surface area contributed by atoms with E-state index in [1.54, 1.807) is 18.4 Å². The van der Waals surface area contributed by atoms with Crippen LogP contribution in [0.4, 0.5) is 0 Å². The van der Waals surface area contributed by atoms with E-state index in [1.165, 1.54) is 4.68 Å². The fraction of sp³-hybridized carbons (Fsp3) is 0.800. The Labute approximate surface area is 106 Å². The lowest BCUT2D eigenvalue weighted by atomic mass is 10.4. The first-order valence-electron chi connectivity index (χ1n) is 6.00. The maximum absolute atomic E-state index is 11.9. The smallest absolute Gasteiger partial charge is 0.308 e. The molecule has 1 aromatic heterocycles. The zero-order valence-electron chi connectivity index (χ0n) is 10.6. The highest BCUT2D eigenvalue weighted by atomic mass is 32.2. The van der Waals surface area contributed by atoms with E-state index in [-0.39, 0.29) is 18.0 Å². The first-order valence-corrected chi connectivity index (χ1v) is 7.72. The monoisotopic (exact) mass is 274 g/mol. The number of nitrogens with zero attached hydrogens (tertiary/aromatic N) is 3. The van der Waals surface area contributed by atoms with Gasteiger partial charge in [0.25, 0.3) is 0 Å². The van der Waals surface area contributed by atoms with E-state index in [9.17, 15) is 13.2 Å². The van der Waals surface area contributed by atoms with Crippen molar-refractivity contribution in [2.45, 2.75) is 38.7 Å². The molecule has 0 fully saturated rings. The van der Waals surface area contributed by atoms with E-state index in [4.69, 9.17) is 0 Å². The SMILES string of the molecule is CC(C)S(=O)(=O)CCn1nc2n(c1=O)CCNC2. The molecule has 0 saturated heterocycles. The highest BCUT2D eigenvalue weighted by Gasteiger charge is 2.20. The molecule has 7 nitrogen and oxygen atoms in total. The molecule has 0 aromatic carbocycles. The Hall–Kier alpha value is -1.15. The fourth-order valence-electron chi connectivity index (χ4n) is 1.83. The van der Waals surface area contributed by atoms with Crippen LogP contribution in [0.1, 0.15) is 19.7 Å². The molecule has 0 radical (unpaired) electrons. The fourth-order valence-corrected chi connectivity index (χ4v) is 2.73. The number of aromatic nitrogens is 3. The average molecular weight is 274 g/mol. The zero-order valence-corrected chi connectivity index (χ0v) is 11.4. The summed E-state index contributed by atoms with van der Waals surface area (Å²) >= 11 is 0. The van der Waals surface area contributed by atoms with E-state index in [1.807, 2.05) is 0 Å². The molecule has 0 atom stereocenters. The van der Waals surface area contributed by atoms with Crippen LogP contribution in [0.2, 0.25) is 0 Å². The third kappa shape index (κ3) is 2.49. The van der Waals surface area contributed by atoms with E-state index in [2.05, 4.69) is 10.4 Å². The number of rotatable bonds is 4. The summed E-state index contributed by atoms with van der Waals surface area (Å²) in [5, 5.41) is 6.85. The second kappa shape index (κ2) is 4.85. The summed E-state index contributed by atoms with van der Waals surface area (Å²) in [5.41, 5.74) is -0.217. The van der Waals surface area contributed by atoms with Gasteiger partial charge in [0.2, 0.25) is 0 Å². The van der Waals surface area contributed by atoms with Gasteiger partial charge in [-0.05, 0) is 13.8 Å². The average Bonchev–Trinajstić information content (AvgIpc) is 2.64. The van der Waals surface area contributed by atoms with Crippen LogP contribution >= 0.6 is 0 Å². The number of hydrogen-bond donors (Lipinski definition) is 1. The molecule has 1 aliphatic heterocycles. The van der Waals surface area contributed by atoms with Crippen LogP contribution < -0.4 is 11.0 Å². The van der Waals surface area contributed by atoms with Crippen molar-refractivity contribution < 1.29 is 8.42 Å². The standard InChI is InChI=1S/C10H18N4O3S/c1-8(2)18(16,17)6-5-14-10(15)13-4-3-11-7-9(13)12-14/h8,11H,3-7H2,1-2H3. The molecule has 1 aromatic rings. The normalized spacial score (nSPS) is 15.9. The number of hydrogen-bond acceptors (Lipinski definition) is 5. The van der Waals surface area contributed by atoms with Crippen LogP contribution in [0, 0.1) is 0 Å². The molecular formula is C10H18N4O3S. The van der Waals surface area contributed by atoms with E-state index in [0.29, 0.717) is 18.9 Å². The Morgan fingerprint density at radius 2 is 2.17 bits per heavy atom. The molecule has 1 aliphatic rings. The summed E-state index contributed by atoms with van der Waals surface area (Å²) in [5.74, 6) is 0.627. The Morgan fingerprint density at radius 1 is 1.44 bits per heavy atom. The van der Waals surface area contributed by atoms with Crippen LogP contribution in [0.15, 0.2) is 4.79 Å². The number of nitrogens with one attached hydrogen (secondary N) is 1. The van der Waals surface area contributed by atoms with Gasteiger partial charge in [-0.15, -0.1) is 0 Å². The number of fused-ring (bicyclic) bond motifs is 1. The van der Waals surface area contributed by atoms with Gasteiger partial charge < -0.3 is 5.32 Å². The van der Waals surface area contributed by atoms with Crippen molar-refractivity contribution in [2.75, 3.05) is 12.3 Å². The van der Waals surface area contributed by atoms with Crippen molar-refractivity contribution in [1.29, 1.82) is 0 Å². The van der Waals surface area contributed by atoms with Gasteiger partial charge in [-0.3, -0.25) is 4.57 Å². The van der Waals surface area contributed by atoms with Crippen molar-refractivity contribution in [2.24, 2.45) is 0 Å². The topological polar surface area (TPSA) is 86.0 Å². The molecule has 18 heavy (non-hydrogen) atoms. The lowest BCUT2D eigenvalue weighted by Gasteiger charge is -2.11. The van der Waals surface area contributed by atoms with Gasteiger partial charge in [0.1, 0.15) is 5.82 Å². The summed E-state index contributed by atoms with van der Waals surface area (Å²) in [4.78, 5) is 11.9. The van der Waals surface area contributed by atoms with Crippen LogP contribution in [0.5, 0.6) is 0 Å².